The fourth-order valence-electron chi connectivity index (χ4n) is 2.27. The van der Waals surface area contributed by atoms with Crippen LogP contribution in [0.25, 0.3) is 0 Å². The first-order valence-electron chi connectivity index (χ1n) is 9.53. The minimum absolute atomic E-state index is 0. The van der Waals surface area contributed by atoms with Crippen LogP contribution < -0.4 is 0 Å². The van der Waals surface area contributed by atoms with Gasteiger partial charge in [0.05, 0.1) is 33.4 Å². The molecule has 6 N–H and O–H groups in total. The van der Waals surface area contributed by atoms with E-state index in [2.05, 4.69) is 0 Å². The average molecular weight is 588 g/mol. The molecule has 0 saturated carbocycles. The molecule has 0 unspecified atom stereocenters. The van der Waals surface area contributed by atoms with Gasteiger partial charge in [-0.25, -0.2) is 28.8 Å². The molecule has 0 aliphatic rings. The standard InChI is InChI=1S/3C8H6O4.2Sc/c3*9-7(10)5-1-2-6(4-3-5)8(11)12;;/h3*1-4H,(H,9,10)(H,11,12);;. The molecule has 0 heterocycles. The Balaban J connectivity index is 0. The summed E-state index contributed by atoms with van der Waals surface area (Å²) in [4.78, 5) is 62.0. The van der Waals surface area contributed by atoms with E-state index in [1.54, 1.807) is 0 Å². The Morgan fingerprint density at radius 2 is 0.368 bits per heavy atom. The molecule has 0 aromatic heterocycles. The smallest absolute Gasteiger partial charge is 0.335 e. The summed E-state index contributed by atoms with van der Waals surface area (Å²) in [5.74, 6) is -6.38. The summed E-state index contributed by atoms with van der Waals surface area (Å²) in [6.07, 6.45) is 0. The third kappa shape index (κ3) is 12.5. The van der Waals surface area contributed by atoms with E-state index in [1.807, 2.05) is 0 Å². The summed E-state index contributed by atoms with van der Waals surface area (Å²) in [5.41, 5.74) is 0.500. The molecule has 0 saturated heterocycles. The van der Waals surface area contributed by atoms with E-state index in [9.17, 15) is 28.8 Å². The van der Waals surface area contributed by atoms with Crippen LogP contribution in [0, 0.1) is 0 Å². The van der Waals surface area contributed by atoms with Crippen molar-refractivity contribution in [1.82, 2.24) is 0 Å². The number of carboxylic acid groups (broad SMARTS) is 6. The zero-order valence-corrected chi connectivity index (χ0v) is 22.8. The number of hydrogen-bond acceptors (Lipinski definition) is 6. The predicted octanol–water partition coefficient (Wildman–Crippen LogP) is 3.24. The van der Waals surface area contributed by atoms with Crippen LogP contribution in [0.1, 0.15) is 62.1 Å². The van der Waals surface area contributed by atoms with Crippen LogP contribution in [0.3, 0.4) is 0 Å². The van der Waals surface area contributed by atoms with Crippen LogP contribution in [0.2, 0.25) is 0 Å². The van der Waals surface area contributed by atoms with Crippen LogP contribution in [-0.2, 0) is 51.7 Å². The van der Waals surface area contributed by atoms with Gasteiger partial charge in [0.15, 0.2) is 0 Å². The van der Waals surface area contributed by atoms with E-state index in [1.165, 1.54) is 72.8 Å². The normalized spacial score (nSPS) is 8.84. The van der Waals surface area contributed by atoms with Gasteiger partial charge >= 0.3 is 35.8 Å². The molecular formula is C24H18O12Sc2. The van der Waals surface area contributed by atoms with Crippen molar-refractivity contribution in [2.24, 2.45) is 0 Å². The molecule has 0 bridgehead atoms. The Labute approximate surface area is 251 Å². The topological polar surface area (TPSA) is 224 Å². The molecule has 0 atom stereocenters. The number of hydrogen-bond donors (Lipinski definition) is 6. The van der Waals surface area contributed by atoms with Crippen molar-refractivity contribution in [3.05, 3.63) is 106 Å². The maximum absolute atomic E-state index is 10.3. The SMILES string of the molecule is O=C(O)c1ccc(C(=O)O)cc1.O=C(O)c1ccc(C(=O)O)cc1.O=C(O)c1ccc(C(=O)O)cc1.[Sc].[Sc]. The summed E-state index contributed by atoms with van der Waals surface area (Å²) in [6, 6.07) is 15.1. The maximum atomic E-state index is 10.3. The van der Waals surface area contributed by atoms with Crippen LogP contribution in [0.4, 0.5) is 0 Å². The van der Waals surface area contributed by atoms with E-state index >= 15 is 0 Å². The van der Waals surface area contributed by atoms with Gasteiger partial charge < -0.3 is 30.6 Å². The second kappa shape index (κ2) is 17.6. The first kappa shape index (κ1) is 36.4. The quantitative estimate of drug-likeness (QED) is 0.244. The van der Waals surface area contributed by atoms with Crippen LogP contribution >= 0.6 is 0 Å². The first-order valence-corrected chi connectivity index (χ1v) is 9.53. The fourth-order valence-corrected chi connectivity index (χ4v) is 2.27. The fraction of sp³-hybridized carbons (Fsp3) is 0. The molecule has 0 aliphatic carbocycles. The van der Waals surface area contributed by atoms with Gasteiger partial charge in [-0.3, -0.25) is 0 Å². The minimum Gasteiger partial charge on any atom is -0.478 e. The second-order valence-electron chi connectivity index (χ2n) is 6.56. The summed E-state index contributed by atoms with van der Waals surface area (Å²) in [7, 11) is 0. The van der Waals surface area contributed by atoms with Gasteiger partial charge in [0, 0.05) is 51.7 Å². The molecule has 2 radical (unpaired) electrons. The summed E-state index contributed by atoms with van der Waals surface area (Å²) in [5, 5.41) is 50.8. The largest absolute Gasteiger partial charge is 0.478 e. The van der Waals surface area contributed by atoms with Gasteiger partial charge in [0.2, 0.25) is 0 Å². The second-order valence-corrected chi connectivity index (χ2v) is 6.56. The summed E-state index contributed by atoms with van der Waals surface area (Å²) < 4.78 is 0. The number of rotatable bonds is 6. The monoisotopic (exact) mass is 588 g/mol. The molecule has 14 heteroatoms. The molecule has 3 aromatic rings. The Kier molecular flexibility index (Phi) is 16.9. The molecule has 0 amide bonds. The number of benzene rings is 3. The number of carboxylic acids is 6. The zero-order valence-electron chi connectivity index (χ0n) is 19.2. The molecule has 0 aliphatic heterocycles. The Morgan fingerprint density at radius 3 is 0.421 bits per heavy atom. The van der Waals surface area contributed by atoms with E-state index in [-0.39, 0.29) is 85.1 Å². The van der Waals surface area contributed by atoms with Gasteiger partial charge in [0.25, 0.3) is 0 Å². The molecule has 12 nitrogen and oxygen atoms in total. The van der Waals surface area contributed by atoms with Gasteiger partial charge in [-0.1, -0.05) is 0 Å². The van der Waals surface area contributed by atoms with Crippen LogP contribution in [-0.4, -0.2) is 66.5 Å². The zero-order chi connectivity index (χ0) is 27.4. The molecule has 3 aromatic carbocycles. The van der Waals surface area contributed by atoms with Crippen molar-refractivity contribution in [3.63, 3.8) is 0 Å². The minimum atomic E-state index is -1.06. The molecule has 0 spiro atoms. The third-order valence-corrected chi connectivity index (χ3v) is 4.14. The van der Waals surface area contributed by atoms with Crippen molar-refractivity contribution in [1.29, 1.82) is 0 Å². The van der Waals surface area contributed by atoms with Crippen molar-refractivity contribution < 1.29 is 111 Å². The van der Waals surface area contributed by atoms with Crippen molar-refractivity contribution >= 4 is 35.8 Å². The molecule has 0 fully saturated rings. The van der Waals surface area contributed by atoms with E-state index in [0.29, 0.717) is 0 Å². The van der Waals surface area contributed by atoms with Crippen molar-refractivity contribution in [2.75, 3.05) is 0 Å². The Bertz CT molecular complexity index is 1010. The Hall–Kier alpha value is -3.78. The maximum Gasteiger partial charge on any atom is 0.335 e. The van der Waals surface area contributed by atoms with Gasteiger partial charge in [0.1, 0.15) is 0 Å². The molecular weight excluding hydrogens is 570 g/mol. The van der Waals surface area contributed by atoms with Gasteiger partial charge in [-0.15, -0.1) is 0 Å². The summed E-state index contributed by atoms with van der Waals surface area (Å²) >= 11 is 0. The van der Waals surface area contributed by atoms with Crippen LogP contribution in [0.15, 0.2) is 72.8 Å². The average Bonchev–Trinajstić information content (AvgIpc) is 2.84. The van der Waals surface area contributed by atoms with Gasteiger partial charge in [-0.05, 0) is 72.8 Å². The number of carbonyl (C=O) groups is 6. The molecule has 3 rings (SSSR count). The first-order chi connectivity index (χ1) is 16.8. The van der Waals surface area contributed by atoms with E-state index in [0.717, 1.165) is 0 Å². The van der Waals surface area contributed by atoms with Gasteiger partial charge in [-0.2, -0.15) is 0 Å². The van der Waals surface area contributed by atoms with Crippen LogP contribution in [0.5, 0.6) is 0 Å². The third-order valence-electron chi connectivity index (χ3n) is 4.14. The van der Waals surface area contributed by atoms with Crippen molar-refractivity contribution in [3.8, 4) is 0 Å². The summed E-state index contributed by atoms with van der Waals surface area (Å²) in [6.45, 7) is 0. The molecule has 38 heavy (non-hydrogen) atoms. The number of aromatic carboxylic acids is 6. The molecule has 192 valence electrons. The van der Waals surface area contributed by atoms with E-state index in [4.69, 9.17) is 30.6 Å². The van der Waals surface area contributed by atoms with E-state index < -0.39 is 35.8 Å². The van der Waals surface area contributed by atoms with Crippen molar-refractivity contribution in [2.45, 2.75) is 0 Å². The Morgan fingerprint density at radius 1 is 0.289 bits per heavy atom. The predicted molar refractivity (Wildman–Crippen MR) is 121 cm³/mol.